The lowest BCUT2D eigenvalue weighted by Crippen LogP contribution is -2.27. The van der Waals surface area contributed by atoms with E-state index in [1.54, 1.807) is 43.5 Å². The molecule has 0 aliphatic rings. The molecule has 9 nitrogen and oxygen atoms in total. The molecular weight excluding hydrogens is 408 g/mol. The monoisotopic (exact) mass is 428 g/mol. The number of nitrogens with zero attached hydrogens (tertiary/aromatic N) is 4. The highest BCUT2D eigenvalue weighted by molar-refractivity contribution is 6.18. The van der Waals surface area contributed by atoms with Crippen LogP contribution in [0.2, 0.25) is 0 Å². The predicted octanol–water partition coefficient (Wildman–Crippen LogP) is 2.61. The van der Waals surface area contributed by atoms with Crippen molar-refractivity contribution in [2.45, 2.75) is 6.54 Å². The van der Waals surface area contributed by atoms with Gasteiger partial charge in [-0.3, -0.25) is 9.59 Å². The average Bonchev–Trinajstić information content (AvgIpc) is 3.53. The van der Waals surface area contributed by atoms with Crippen LogP contribution in [0.25, 0.3) is 23.2 Å². The summed E-state index contributed by atoms with van der Waals surface area (Å²) in [4.78, 5) is 25.1. The minimum Gasteiger partial charge on any atom is -0.465 e. The minimum atomic E-state index is -0.406. The van der Waals surface area contributed by atoms with E-state index in [2.05, 4.69) is 26.2 Å². The molecule has 0 radical (unpaired) electrons. The standard InChI is InChI=1S/C23H20N6O3/c1-24-22(30)18-10-5-7-16(13-18)15-25-23(31)20(14-19-11-6-12-32-19)29-21(26-27-28-29)17-8-3-2-4-9-17/h2-14H,15H2,1H3,(H,24,30)(H,25,31)/b20-14-. The fourth-order valence-electron chi connectivity index (χ4n) is 3.09. The van der Waals surface area contributed by atoms with E-state index in [-0.39, 0.29) is 18.1 Å². The van der Waals surface area contributed by atoms with Crippen molar-refractivity contribution in [3.8, 4) is 11.4 Å². The van der Waals surface area contributed by atoms with E-state index < -0.39 is 5.91 Å². The quantitative estimate of drug-likeness (QED) is 0.437. The second-order valence-electron chi connectivity index (χ2n) is 6.79. The first-order valence-corrected chi connectivity index (χ1v) is 9.84. The van der Waals surface area contributed by atoms with Gasteiger partial charge in [-0.05, 0) is 40.3 Å². The van der Waals surface area contributed by atoms with E-state index in [4.69, 9.17) is 4.42 Å². The van der Waals surface area contributed by atoms with E-state index in [0.717, 1.165) is 11.1 Å². The molecule has 0 aliphatic heterocycles. The van der Waals surface area contributed by atoms with E-state index >= 15 is 0 Å². The normalized spacial score (nSPS) is 11.2. The second kappa shape index (κ2) is 9.52. The van der Waals surface area contributed by atoms with Crippen LogP contribution in [0.3, 0.4) is 0 Å². The minimum absolute atomic E-state index is 0.186. The van der Waals surface area contributed by atoms with Crippen LogP contribution >= 0.6 is 0 Å². The molecule has 0 bridgehead atoms. The number of tetrazole rings is 1. The van der Waals surface area contributed by atoms with Crippen molar-refractivity contribution in [1.29, 1.82) is 0 Å². The Bertz CT molecular complexity index is 1250. The van der Waals surface area contributed by atoms with Crippen molar-refractivity contribution in [1.82, 2.24) is 30.8 Å². The summed E-state index contributed by atoms with van der Waals surface area (Å²) < 4.78 is 6.76. The van der Waals surface area contributed by atoms with Gasteiger partial charge in [-0.2, -0.15) is 4.68 Å². The van der Waals surface area contributed by atoms with Crippen molar-refractivity contribution in [3.05, 3.63) is 89.9 Å². The van der Waals surface area contributed by atoms with Gasteiger partial charge >= 0.3 is 0 Å². The zero-order chi connectivity index (χ0) is 22.3. The number of hydrogen-bond acceptors (Lipinski definition) is 6. The first-order valence-electron chi connectivity index (χ1n) is 9.84. The molecule has 4 rings (SSSR count). The number of benzene rings is 2. The summed E-state index contributed by atoms with van der Waals surface area (Å²) in [5.74, 6) is 0.292. The third-order valence-electron chi connectivity index (χ3n) is 4.65. The molecular formula is C23H20N6O3. The Morgan fingerprint density at radius 1 is 1.06 bits per heavy atom. The largest absolute Gasteiger partial charge is 0.465 e. The topological polar surface area (TPSA) is 115 Å². The van der Waals surface area contributed by atoms with Gasteiger partial charge < -0.3 is 15.1 Å². The number of rotatable bonds is 7. The van der Waals surface area contributed by atoms with Crippen LogP contribution < -0.4 is 10.6 Å². The van der Waals surface area contributed by atoms with Gasteiger partial charge in [0.05, 0.1) is 6.26 Å². The summed E-state index contributed by atoms with van der Waals surface area (Å²) in [6, 6.07) is 19.8. The maximum absolute atomic E-state index is 13.2. The van der Waals surface area contributed by atoms with Crippen LogP contribution in [-0.2, 0) is 11.3 Å². The highest BCUT2D eigenvalue weighted by Gasteiger charge is 2.19. The van der Waals surface area contributed by atoms with Crippen LogP contribution in [-0.4, -0.2) is 39.1 Å². The highest BCUT2D eigenvalue weighted by Crippen LogP contribution is 2.20. The molecule has 2 aromatic heterocycles. The molecule has 2 heterocycles. The zero-order valence-electron chi connectivity index (χ0n) is 17.2. The lowest BCUT2D eigenvalue weighted by molar-refractivity contribution is -0.116. The van der Waals surface area contributed by atoms with Gasteiger partial charge in [0.25, 0.3) is 11.8 Å². The molecule has 4 aromatic rings. The summed E-state index contributed by atoms with van der Waals surface area (Å²) in [6.07, 6.45) is 3.09. The Morgan fingerprint density at radius 3 is 2.66 bits per heavy atom. The highest BCUT2D eigenvalue weighted by atomic mass is 16.3. The SMILES string of the molecule is CNC(=O)c1cccc(CNC(=O)/C(=C/c2ccco2)n2nnnc2-c2ccccc2)c1. The molecule has 0 atom stereocenters. The Morgan fingerprint density at radius 2 is 1.91 bits per heavy atom. The molecule has 0 fully saturated rings. The van der Waals surface area contributed by atoms with Gasteiger partial charge in [-0.1, -0.05) is 42.5 Å². The smallest absolute Gasteiger partial charge is 0.270 e. The van der Waals surface area contributed by atoms with Crippen LogP contribution in [0.4, 0.5) is 0 Å². The Kier molecular flexibility index (Phi) is 6.17. The van der Waals surface area contributed by atoms with E-state index in [1.165, 1.54) is 10.9 Å². The lowest BCUT2D eigenvalue weighted by Gasteiger charge is -2.11. The van der Waals surface area contributed by atoms with Crippen molar-refractivity contribution >= 4 is 23.6 Å². The summed E-state index contributed by atoms with van der Waals surface area (Å²) in [5.41, 5.74) is 2.23. The number of amides is 2. The van der Waals surface area contributed by atoms with E-state index in [0.29, 0.717) is 17.1 Å². The van der Waals surface area contributed by atoms with Crippen molar-refractivity contribution in [2.24, 2.45) is 0 Å². The van der Waals surface area contributed by atoms with Crippen LogP contribution in [0.15, 0.2) is 77.4 Å². The molecule has 2 amide bonds. The fourth-order valence-corrected chi connectivity index (χ4v) is 3.09. The summed E-state index contributed by atoms with van der Waals surface area (Å²) in [6.45, 7) is 0.210. The van der Waals surface area contributed by atoms with Crippen molar-refractivity contribution in [3.63, 3.8) is 0 Å². The Labute approximate surface area is 183 Å². The fraction of sp³-hybridized carbons (Fsp3) is 0.0870. The number of aromatic nitrogens is 4. The summed E-state index contributed by atoms with van der Waals surface area (Å²) >= 11 is 0. The maximum atomic E-state index is 13.2. The summed E-state index contributed by atoms with van der Waals surface area (Å²) in [5, 5.41) is 17.3. The Balaban J connectivity index is 1.62. The molecule has 2 N–H and O–H groups in total. The molecule has 160 valence electrons. The third-order valence-corrected chi connectivity index (χ3v) is 4.65. The van der Waals surface area contributed by atoms with E-state index in [9.17, 15) is 9.59 Å². The van der Waals surface area contributed by atoms with Crippen LogP contribution in [0.5, 0.6) is 0 Å². The maximum Gasteiger partial charge on any atom is 0.270 e. The molecule has 0 spiro atoms. The molecule has 2 aromatic carbocycles. The van der Waals surface area contributed by atoms with Gasteiger partial charge in [0, 0.05) is 30.8 Å². The molecule has 0 aliphatic carbocycles. The van der Waals surface area contributed by atoms with Crippen LogP contribution in [0.1, 0.15) is 21.7 Å². The first-order chi connectivity index (χ1) is 15.7. The Hall–Kier alpha value is -4.53. The van der Waals surface area contributed by atoms with Gasteiger partial charge in [0.15, 0.2) is 5.82 Å². The number of carbonyl (C=O) groups excluding carboxylic acids is 2. The molecule has 0 saturated heterocycles. The van der Waals surface area contributed by atoms with Gasteiger partial charge in [-0.25, -0.2) is 0 Å². The average molecular weight is 428 g/mol. The number of furan rings is 1. The van der Waals surface area contributed by atoms with E-state index in [1.807, 2.05) is 36.4 Å². The van der Waals surface area contributed by atoms with Crippen molar-refractivity contribution < 1.29 is 14.0 Å². The van der Waals surface area contributed by atoms with Gasteiger partial charge in [-0.15, -0.1) is 5.10 Å². The predicted molar refractivity (Wildman–Crippen MR) is 118 cm³/mol. The number of nitrogens with one attached hydrogen (secondary N) is 2. The van der Waals surface area contributed by atoms with Gasteiger partial charge in [0.2, 0.25) is 0 Å². The zero-order valence-corrected chi connectivity index (χ0v) is 17.2. The molecule has 0 unspecified atom stereocenters. The molecule has 32 heavy (non-hydrogen) atoms. The van der Waals surface area contributed by atoms with Crippen LogP contribution in [0, 0.1) is 0 Å². The lowest BCUT2D eigenvalue weighted by atomic mass is 10.1. The first kappa shape index (κ1) is 20.7. The molecule has 0 saturated carbocycles. The number of carbonyl (C=O) groups is 2. The third kappa shape index (κ3) is 4.62. The summed E-state index contributed by atoms with van der Waals surface area (Å²) in [7, 11) is 1.57. The number of hydrogen-bond donors (Lipinski definition) is 2. The molecule has 9 heteroatoms. The second-order valence-corrected chi connectivity index (χ2v) is 6.79. The van der Waals surface area contributed by atoms with Crippen molar-refractivity contribution in [2.75, 3.05) is 7.05 Å². The van der Waals surface area contributed by atoms with Gasteiger partial charge in [0.1, 0.15) is 11.5 Å².